The van der Waals surface area contributed by atoms with Crippen molar-refractivity contribution in [1.82, 2.24) is 0 Å². The maximum atomic E-state index is 12.6. The van der Waals surface area contributed by atoms with Gasteiger partial charge in [0.2, 0.25) is 0 Å². The van der Waals surface area contributed by atoms with Gasteiger partial charge in [-0.3, -0.25) is 4.79 Å². The number of hydrogen-bond acceptors (Lipinski definition) is 4. The number of aliphatic carboxylic acids is 1. The van der Waals surface area contributed by atoms with Crippen molar-refractivity contribution in [2.24, 2.45) is 0 Å². The first-order valence-corrected chi connectivity index (χ1v) is 9.87. The molecular weight excluding hydrogens is 460 g/mol. The van der Waals surface area contributed by atoms with Crippen molar-refractivity contribution in [1.29, 1.82) is 0 Å². The molecule has 34 heavy (non-hydrogen) atoms. The van der Waals surface area contributed by atoms with Crippen molar-refractivity contribution in [3.8, 4) is 23.0 Å². The van der Waals surface area contributed by atoms with Crippen molar-refractivity contribution < 1.29 is 37.3 Å². The van der Waals surface area contributed by atoms with E-state index in [0.717, 1.165) is 12.1 Å². The number of methoxy groups -OCH3 is 1. The van der Waals surface area contributed by atoms with E-state index in [9.17, 15) is 18.0 Å². The van der Waals surface area contributed by atoms with Gasteiger partial charge in [-0.15, -0.1) is 0 Å². The molecule has 0 aliphatic heterocycles. The molecule has 0 aliphatic rings. The summed E-state index contributed by atoms with van der Waals surface area (Å²) in [5.41, 5.74) is 0.468. The molecule has 0 unspecified atom stereocenters. The molecule has 0 spiro atoms. The van der Waals surface area contributed by atoms with Crippen LogP contribution in [0.1, 0.15) is 16.7 Å². The molecule has 0 bridgehead atoms. The van der Waals surface area contributed by atoms with Crippen LogP contribution in [0.3, 0.4) is 0 Å². The number of carboxylic acids is 1. The van der Waals surface area contributed by atoms with E-state index < -0.39 is 17.7 Å². The van der Waals surface area contributed by atoms with Gasteiger partial charge in [-0.25, -0.2) is 0 Å². The number of benzene rings is 3. The molecule has 3 aromatic carbocycles. The molecule has 0 heterocycles. The molecule has 0 saturated carbocycles. The fraction of sp³-hybridized carbons (Fsp3) is 0.160. The fourth-order valence-corrected chi connectivity index (χ4v) is 2.96. The summed E-state index contributed by atoms with van der Waals surface area (Å²) in [6.07, 6.45) is -1.17. The van der Waals surface area contributed by atoms with Gasteiger partial charge >= 0.3 is 41.7 Å². The molecule has 5 nitrogen and oxygen atoms in total. The standard InChI is InChI=1S/C25H21F3O5.Na.H/c1-31-22-12-18(14-24(29)30)13-23(16-22)33-21-6-2-5-20(15-21)32-11-3-4-17-7-9-19(10-8-17)25(26,27)28;;/h2-10,12-13,15-16H,11,14H2,1H3,(H,29,30);;. The molecule has 0 atom stereocenters. The molecular formula is C25H22F3NaO5. The SMILES string of the molecule is COc1cc(CC(=O)O)cc(Oc2cccc(OCC=Cc3ccc(C(F)(F)F)cc3)c2)c1.[NaH]. The zero-order valence-corrected chi connectivity index (χ0v) is 17.6. The summed E-state index contributed by atoms with van der Waals surface area (Å²) in [5, 5.41) is 9.02. The fourth-order valence-electron chi connectivity index (χ4n) is 2.96. The van der Waals surface area contributed by atoms with E-state index in [1.165, 1.54) is 19.2 Å². The quantitative estimate of drug-likeness (QED) is 0.404. The minimum absolute atomic E-state index is 0. The van der Waals surface area contributed by atoms with Gasteiger partial charge in [0.15, 0.2) is 0 Å². The van der Waals surface area contributed by atoms with Gasteiger partial charge < -0.3 is 19.3 Å². The van der Waals surface area contributed by atoms with Gasteiger partial charge in [0, 0.05) is 12.1 Å². The van der Waals surface area contributed by atoms with E-state index in [1.807, 2.05) is 0 Å². The average molecular weight is 482 g/mol. The van der Waals surface area contributed by atoms with Crippen LogP contribution < -0.4 is 14.2 Å². The number of hydrogen-bond donors (Lipinski definition) is 1. The van der Waals surface area contributed by atoms with Crippen molar-refractivity contribution in [2.75, 3.05) is 13.7 Å². The molecule has 0 amide bonds. The van der Waals surface area contributed by atoms with E-state index in [4.69, 9.17) is 19.3 Å². The van der Waals surface area contributed by atoms with Gasteiger partial charge in [0.1, 0.15) is 29.6 Å². The van der Waals surface area contributed by atoms with Crippen LogP contribution in [0.15, 0.2) is 72.8 Å². The van der Waals surface area contributed by atoms with Crippen molar-refractivity contribution >= 4 is 41.6 Å². The van der Waals surface area contributed by atoms with Gasteiger partial charge in [-0.2, -0.15) is 13.2 Å². The summed E-state index contributed by atoms with van der Waals surface area (Å²) >= 11 is 0. The summed E-state index contributed by atoms with van der Waals surface area (Å²) in [7, 11) is 1.48. The third kappa shape index (κ3) is 8.44. The normalized spacial score (nSPS) is 11.1. The Morgan fingerprint density at radius 1 is 0.941 bits per heavy atom. The first-order valence-electron chi connectivity index (χ1n) is 9.87. The van der Waals surface area contributed by atoms with Gasteiger partial charge in [-0.1, -0.05) is 24.3 Å². The van der Waals surface area contributed by atoms with Crippen LogP contribution in [0.25, 0.3) is 6.08 Å². The van der Waals surface area contributed by atoms with Crippen LogP contribution in [0, 0.1) is 0 Å². The summed E-state index contributed by atoms with van der Waals surface area (Å²) in [6, 6.07) is 16.6. The van der Waals surface area contributed by atoms with Crippen LogP contribution in [-0.4, -0.2) is 54.3 Å². The molecule has 3 aromatic rings. The Hall–Kier alpha value is -2.94. The van der Waals surface area contributed by atoms with Crippen LogP contribution in [-0.2, 0) is 17.4 Å². The molecule has 9 heteroatoms. The van der Waals surface area contributed by atoms with Crippen LogP contribution in [0.4, 0.5) is 13.2 Å². The first-order chi connectivity index (χ1) is 15.7. The molecule has 0 aromatic heterocycles. The summed E-state index contributed by atoms with van der Waals surface area (Å²) in [6.45, 7) is 0.201. The zero-order valence-electron chi connectivity index (χ0n) is 17.6. The van der Waals surface area contributed by atoms with E-state index in [1.54, 1.807) is 54.6 Å². The Morgan fingerprint density at radius 2 is 1.59 bits per heavy atom. The van der Waals surface area contributed by atoms with E-state index in [-0.39, 0.29) is 42.6 Å². The number of carboxylic acid groups (broad SMARTS) is 1. The predicted octanol–water partition coefficient (Wildman–Crippen LogP) is 5.58. The first kappa shape index (κ1) is 27.3. The van der Waals surface area contributed by atoms with E-state index >= 15 is 0 Å². The summed E-state index contributed by atoms with van der Waals surface area (Å²) in [5.74, 6) is 0.940. The van der Waals surface area contributed by atoms with Gasteiger partial charge in [0.05, 0.1) is 19.1 Å². The Kier molecular flexibility index (Phi) is 10.0. The van der Waals surface area contributed by atoms with Crippen molar-refractivity contribution in [3.05, 3.63) is 89.5 Å². The Morgan fingerprint density at radius 3 is 2.24 bits per heavy atom. The molecule has 0 radical (unpaired) electrons. The second-order valence-electron chi connectivity index (χ2n) is 7.00. The Balaban J connectivity index is 0.00000408. The minimum atomic E-state index is -4.36. The topological polar surface area (TPSA) is 65.0 Å². The molecule has 0 fully saturated rings. The number of rotatable bonds is 9. The second kappa shape index (κ2) is 12.5. The second-order valence-corrected chi connectivity index (χ2v) is 7.00. The third-order valence-electron chi connectivity index (χ3n) is 4.47. The van der Waals surface area contributed by atoms with E-state index in [2.05, 4.69) is 0 Å². The molecule has 0 saturated heterocycles. The van der Waals surface area contributed by atoms with Crippen LogP contribution in [0.5, 0.6) is 23.0 Å². The molecule has 0 aliphatic carbocycles. The van der Waals surface area contributed by atoms with Crippen molar-refractivity contribution in [3.63, 3.8) is 0 Å². The van der Waals surface area contributed by atoms with E-state index in [0.29, 0.717) is 34.1 Å². The van der Waals surface area contributed by atoms with Crippen molar-refractivity contribution in [2.45, 2.75) is 12.6 Å². The van der Waals surface area contributed by atoms with Gasteiger partial charge in [-0.05, 0) is 53.6 Å². The monoisotopic (exact) mass is 482 g/mol. The Labute approximate surface area is 217 Å². The van der Waals surface area contributed by atoms with Crippen LogP contribution in [0.2, 0.25) is 0 Å². The number of halogens is 3. The predicted molar refractivity (Wildman–Crippen MR) is 124 cm³/mol. The maximum absolute atomic E-state index is 12.6. The van der Waals surface area contributed by atoms with Crippen LogP contribution >= 0.6 is 0 Å². The number of carbonyl (C=O) groups is 1. The number of alkyl halides is 3. The molecule has 3 rings (SSSR count). The Bertz CT molecular complexity index is 1130. The summed E-state index contributed by atoms with van der Waals surface area (Å²) in [4.78, 5) is 11.0. The summed E-state index contributed by atoms with van der Waals surface area (Å²) < 4.78 is 54.5. The number of ether oxygens (including phenoxy) is 3. The third-order valence-corrected chi connectivity index (χ3v) is 4.47. The zero-order chi connectivity index (χ0) is 23.8. The average Bonchev–Trinajstić information content (AvgIpc) is 2.76. The van der Waals surface area contributed by atoms with Gasteiger partial charge in [0.25, 0.3) is 0 Å². The molecule has 174 valence electrons. The molecule has 1 N–H and O–H groups in total.